The first kappa shape index (κ1) is 27.0. The van der Waals surface area contributed by atoms with Crippen molar-refractivity contribution in [1.82, 2.24) is 29.9 Å². The Hall–Kier alpha value is -3.03. The summed E-state index contributed by atoms with van der Waals surface area (Å²) in [5.41, 5.74) is 5.03. The molecule has 2 aromatic rings. The third-order valence-electron chi connectivity index (χ3n) is 6.06. The maximum Gasteiger partial charge on any atom is 0.351 e. The summed E-state index contributed by atoms with van der Waals surface area (Å²) in [6.45, 7) is 0.412. The summed E-state index contributed by atoms with van der Waals surface area (Å²) in [5, 5.41) is 61.0. The molecule has 0 unspecified atom stereocenters. The summed E-state index contributed by atoms with van der Waals surface area (Å²) in [6.07, 6.45) is -7.40. The van der Waals surface area contributed by atoms with Crippen molar-refractivity contribution in [2.45, 2.75) is 75.3 Å². The average Bonchev–Trinajstić information content (AvgIpc) is 3.41. The fourth-order valence-corrected chi connectivity index (χ4v) is 4.19. The van der Waals surface area contributed by atoms with Crippen molar-refractivity contribution in [2.75, 3.05) is 12.3 Å². The van der Waals surface area contributed by atoms with Gasteiger partial charge in [0.2, 0.25) is 5.91 Å². The van der Waals surface area contributed by atoms with E-state index in [1.807, 2.05) is 0 Å². The van der Waals surface area contributed by atoms with E-state index in [4.69, 9.17) is 19.9 Å². The molecule has 8 N–H and O–H groups in total. The van der Waals surface area contributed by atoms with Gasteiger partial charge in [-0.05, 0) is 6.07 Å². The molecule has 0 aromatic carbocycles. The second-order valence-electron chi connectivity index (χ2n) is 8.76. The summed E-state index contributed by atoms with van der Waals surface area (Å²) >= 11 is 0. The van der Waals surface area contributed by atoms with Crippen molar-refractivity contribution in [2.24, 2.45) is 0 Å². The summed E-state index contributed by atoms with van der Waals surface area (Å²) < 4.78 is 19.2. The summed E-state index contributed by atoms with van der Waals surface area (Å²) in [6, 6.07) is 0.243. The molecule has 2 aromatic heterocycles. The first-order chi connectivity index (χ1) is 17.6. The zero-order chi connectivity index (χ0) is 26.9. The van der Waals surface area contributed by atoms with Crippen LogP contribution in [0.4, 0.5) is 5.82 Å². The lowest BCUT2D eigenvalue weighted by atomic mass is 9.97. The van der Waals surface area contributed by atoms with Crippen LogP contribution in [0.1, 0.15) is 18.8 Å². The van der Waals surface area contributed by atoms with Gasteiger partial charge in [-0.1, -0.05) is 5.21 Å². The highest BCUT2D eigenvalue weighted by Gasteiger charge is 2.46. The van der Waals surface area contributed by atoms with Gasteiger partial charge in [0.05, 0.1) is 26.0 Å². The van der Waals surface area contributed by atoms with Gasteiger partial charge in [0, 0.05) is 13.1 Å². The summed E-state index contributed by atoms with van der Waals surface area (Å²) in [5.74, 6) is -0.489. The molecule has 17 nitrogen and oxygen atoms in total. The largest absolute Gasteiger partial charge is 0.394 e. The molecule has 0 radical (unpaired) electrons. The molecule has 9 atom stereocenters. The highest BCUT2D eigenvalue weighted by molar-refractivity contribution is 5.73. The van der Waals surface area contributed by atoms with Crippen LogP contribution in [0.5, 0.6) is 0 Å². The minimum atomic E-state index is -1.46. The molecule has 37 heavy (non-hydrogen) atoms. The summed E-state index contributed by atoms with van der Waals surface area (Å²) in [4.78, 5) is 27.2. The number of aliphatic hydroxyl groups is 5. The fourth-order valence-electron chi connectivity index (χ4n) is 4.19. The highest BCUT2D eigenvalue weighted by atomic mass is 16.7. The maximum atomic E-state index is 12.1. The number of anilines is 1. The number of aromatic nitrogens is 5. The number of amides is 1. The number of carbonyl (C=O) groups excluding carboxylic acids is 1. The van der Waals surface area contributed by atoms with Gasteiger partial charge >= 0.3 is 5.69 Å². The van der Waals surface area contributed by atoms with Crippen LogP contribution < -0.4 is 16.7 Å². The molecule has 2 aliphatic rings. The van der Waals surface area contributed by atoms with Gasteiger partial charge in [0.15, 0.2) is 12.5 Å². The van der Waals surface area contributed by atoms with Gasteiger partial charge in [0.25, 0.3) is 0 Å². The van der Waals surface area contributed by atoms with Gasteiger partial charge in [-0.15, -0.1) is 5.10 Å². The van der Waals surface area contributed by atoms with Crippen LogP contribution in [-0.2, 0) is 32.2 Å². The quantitative estimate of drug-likeness (QED) is 0.170. The molecule has 204 valence electrons. The molecule has 0 aliphatic carbocycles. The molecule has 0 spiro atoms. The number of hydrogen-bond acceptors (Lipinski definition) is 14. The molecule has 1 amide bonds. The molecule has 0 bridgehead atoms. The van der Waals surface area contributed by atoms with E-state index in [1.54, 1.807) is 0 Å². The molecule has 0 saturated carbocycles. The Balaban J connectivity index is 1.39. The van der Waals surface area contributed by atoms with E-state index in [0.29, 0.717) is 5.69 Å². The van der Waals surface area contributed by atoms with Crippen molar-refractivity contribution in [3.05, 3.63) is 34.6 Å². The van der Waals surface area contributed by atoms with E-state index in [1.165, 1.54) is 30.1 Å². The van der Waals surface area contributed by atoms with Crippen LogP contribution in [0.15, 0.2) is 23.3 Å². The predicted octanol–water partition coefficient (Wildman–Crippen LogP) is -4.80. The van der Waals surface area contributed by atoms with Crippen molar-refractivity contribution in [3.8, 4) is 0 Å². The van der Waals surface area contributed by atoms with Crippen LogP contribution >= 0.6 is 0 Å². The molecule has 2 aliphatic heterocycles. The van der Waals surface area contributed by atoms with E-state index >= 15 is 0 Å². The predicted molar refractivity (Wildman–Crippen MR) is 119 cm³/mol. The average molecular weight is 527 g/mol. The number of nitrogen functional groups attached to an aromatic ring is 1. The van der Waals surface area contributed by atoms with E-state index in [0.717, 1.165) is 4.57 Å². The number of nitrogens with two attached hydrogens (primary N) is 1. The van der Waals surface area contributed by atoms with Gasteiger partial charge in [-0.3, -0.25) is 9.36 Å². The van der Waals surface area contributed by atoms with Crippen molar-refractivity contribution < 1.29 is 44.5 Å². The third kappa shape index (κ3) is 5.78. The third-order valence-corrected chi connectivity index (χ3v) is 6.06. The normalized spacial score (nSPS) is 33.9. The van der Waals surface area contributed by atoms with Crippen LogP contribution in [0.3, 0.4) is 0 Å². The van der Waals surface area contributed by atoms with Gasteiger partial charge in [0.1, 0.15) is 54.2 Å². The Labute approximate surface area is 209 Å². The topological polar surface area (TPSA) is 250 Å². The second-order valence-corrected chi connectivity index (χ2v) is 8.76. The lowest BCUT2D eigenvalue weighted by Gasteiger charge is -2.42. The summed E-state index contributed by atoms with van der Waals surface area (Å²) in [7, 11) is 0. The number of hydrogen-bond donors (Lipinski definition) is 7. The molecule has 2 saturated heterocycles. The standard InChI is InChI=1S/C20H29N7O10/c1-8(29)22-13-16(32)15(31)11(6-28)37-19(13)35-7-9-4-26(25-24-9)5-10-14(30)17(33)18(36-10)27-3-2-12(21)23-20(27)34/h2-4,10-11,13-19,28,30-33H,5-7H2,1H3,(H,22,29)(H2,21,23,34)/t10-,11-,13-,14-,15-,16-,17-,18-,19-/m1/s1. The van der Waals surface area contributed by atoms with Crippen LogP contribution in [0, 0.1) is 0 Å². The highest BCUT2D eigenvalue weighted by Crippen LogP contribution is 2.29. The first-order valence-corrected chi connectivity index (χ1v) is 11.4. The second kappa shape index (κ2) is 11.2. The number of nitrogens with one attached hydrogen (secondary N) is 1. The Kier molecular flexibility index (Phi) is 8.14. The van der Waals surface area contributed by atoms with Gasteiger partial charge in [-0.2, -0.15) is 4.98 Å². The van der Waals surface area contributed by atoms with Crippen molar-refractivity contribution >= 4 is 11.7 Å². The number of rotatable bonds is 8. The van der Waals surface area contributed by atoms with E-state index < -0.39 is 73.4 Å². The van der Waals surface area contributed by atoms with Crippen molar-refractivity contribution in [1.29, 1.82) is 0 Å². The number of aliphatic hydroxyl groups excluding tert-OH is 5. The van der Waals surface area contributed by atoms with Crippen LogP contribution in [0.25, 0.3) is 0 Å². The zero-order valence-corrected chi connectivity index (χ0v) is 19.6. The zero-order valence-electron chi connectivity index (χ0n) is 19.6. The molecule has 4 heterocycles. The van der Waals surface area contributed by atoms with E-state index in [-0.39, 0.29) is 19.0 Å². The number of ether oxygens (including phenoxy) is 3. The smallest absolute Gasteiger partial charge is 0.351 e. The Morgan fingerprint density at radius 1 is 1.16 bits per heavy atom. The van der Waals surface area contributed by atoms with Crippen molar-refractivity contribution in [3.63, 3.8) is 0 Å². The van der Waals surface area contributed by atoms with E-state index in [2.05, 4.69) is 20.6 Å². The Morgan fingerprint density at radius 3 is 2.57 bits per heavy atom. The molecule has 2 fully saturated rings. The SMILES string of the molecule is CC(=O)N[C@H]1[C@H](OCc2cn(C[C@H]3O[C@@H](n4ccc(N)nc4=O)[C@H](O)[C@@H]3O)nn2)O[C@H](CO)[C@@H](O)[C@@H]1O. The number of carbonyl (C=O) groups is 1. The Bertz CT molecular complexity index is 1140. The lowest BCUT2D eigenvalue weighted by molar-refractivity contribution is -0.273. The van der Waals surface area contributed by atoms with Gasteiger partial charge < -0.3 is 50.8 Å². The fraction of sp³-hybridized carbons (Fsp3) is 0.650. The first-order valence-electron chi connectivity index (χ1n) is 11.4. The maximum absolute atomic E-state index is 12.1. The van der Waals surface area contributed by atoms with Crippen LogP contribution in [0.2, 0.25) is 0 Å². The van der Waals surface area contributed by atoms with Crippen LogP contribution in [-0.4, -0.2) is 112 Å². The van der Waals surface area contributed by atoms with E-state index in [9.17, 15) is 35.1 Å². The Morgan fingerprint density at radius 2 is 1.89 bits per heavy atom. The lowest BCUT2D eigenvalue weighted by Crippen LogP contribution is -2.64. The minimum absolute atomic E-state index is 0.00258. The minimum Gasteiger partial charge on any atom is -0.394 e. The number of nitrogens with zero attached hydrogens (tertiary/aromatic N) is 5. The van der Waals surface area contributed by atoms with Gasteiger partial charge in [-0.25, -0.2) is 9.48 Å². The molecule has 4 rings (SSSR count). The molecular weight excluding hydrogens is 498 g/mol. The molecule has 17 heteroatoms. The monoisotopic (exact) mass is 527 g/mol. The molecular formula is C20H29N7O10.